The van der Waals surface area contributed by atoms with E-state index in [9.17, 15) is 8.42 Å². The molecule has 6 heteroatoms. The Morgan fingerprint density at radius 1 is 1.18 bits per heavy atom. The molecule has 17 heavy (non-hydrogen) atoms. The summed E-state index contributed by atoms with van der Waals surface area (Å²) in [5.41, 5.74) is 6.76. The van der Waals surface area contributed by atoms with Crippen LogP contribution in [0.1, 0.15) is 0 Å². The van der Waals surface area contributed by atoms with Crippen LogP contribution in [-0.2, 0) is 10.0 Å². The highest BCUT2D eigenvalue weighted by Gasteiger charge is 2.21. The zero-order valence-corrected chi connectivity index (χ0v) is 10.8. The molecule has 0 atom stereocenters. The van der Waals surface area contributed by atoms with Gasteiger partial charge in [0.1, 0.15) is 4.21 Å². The quantitative estimate of drug-likeness (QED) is 0.868. The van der Waals surface area contributed by atoms with Crippen molar-refractivity contribution in [2.75, 3.05) is 17.1 Å². The van der Waals surface area contributed by atoms with E-state index in [-0.39, 0.29) is 0 Å². The number of hydrogen-bond acceptors (Lipinski definition) is 4. The summed E-state index contributed by atoms with van der Waals surface area (Å²) in [6.07, 6.45) is 0. The SMILES string of the molecule is CN(c1ccc(N)cc1)S(=O)(=O)c1cccs1. The lowest BCUT2D eigenvalue weighted by atomic mass is 10.3. The molecule has 1 heterocycles. The minimum Gasteiger partial charge on any atom is -0.399 e. The Morgan fingerprint density at radius 3 is 2.35 bits per heavy atom. The van der Waals surface area contributed by atoms with Gasteiger partial charge in [0.2, 0.25) is 0 Å². The lowest BCUT2D eigenvalue weighted by Crippen LogP contribution is -2.25. The van der Waals surface area contributed by atoms with Crippen molar-refractivity contribution in [3.05, 3.63) is 41.8 Å². The molecule has 1 aromatic carbocycles. The van der Waals surface area contributed by atoms with Gasteiger partial charge in [-0.2, -0.15) is 0 Å². The Kier molecular flexibility index (Phi) is 3.08. The third-order valence-corrected chi connectivity index (χ3v) is 5.53. The van der Waals surface area contributed by atoms with Crippen LogP contribution in [0.2, 0.25) is 0 Å². The molecule has 0 saturated heterocycles. The second-order valence-electron chi connectivity index (χ2n) is 3.50. The highest BCUT2D eigenvalue weighted by Crippen LogP contribution is 2.25. The molecular weight excluding hydrogens is 256 g/mol. The van der Waals surface area contributed by atoms with Gasteiger partial charge in [-0.15, -0.1) is 11.3 Å². The zero-order valence-electron chi connectivity index (χ0n) is 9.20. The maximum absolute atomic E-state index is 12.2. The minimum atomic E-state index is -3.45. The first-order chi connectivity index (χ1) is 8.01. The Hall–Kier alpha value is -1.53. The maximum Gasteiger partial charge on any atom is 0.273 e. The molecule has 0 aliphatic rings. The molecule has 4 nitrogen and oxygen atoms in total. The summed E-state index contributed by atoms with van der Waals surface area (Å²) in [4.78, 5) is 0. The lowest BCUT2D eigenvalue weighted by Gasteiger charge is -2.18. The van der Waals surface area contributed by atoms with Gasteiger partial charge in [0.05, 0.1) is 5.69 Å². The van der Waals surface area contributed by atoms with E-state index >= 15 is 0 Å². The number of nitrogens with two attached hydrogens (primary N) is 1. The summed E-state index contributed by atoms with van der Waals surface area (Å²) in [5, 5.41) is 1.74. The van der Waals surface area contributed by atoms with Gasteiger partial charge in [-0.3, -0.25) is 4.31 Å². The maximum atomic E-state index is 12.2. The summed E-state index contributed by atoms with van der Waals surface area (Å²) >= 11 is 1.20. The van der Waals surface area contributed by atoms with Crippen LogP contribution in [0.4, 0.5) is 11.4 Å². The highest BCUT2D eigenvalue weighted by molar-refractivity contribution is 7.94. The fourth-order valence-electron chi connectivity index (χ4n) is 1.37. The number of benzene rings is 1. The van der Waals surface area contributed by atoms with Gasteiger partial charge < -0.3 is 5.73 Å². The second-order valence-corrected chi connectivity index (χ2v) is 6.64. The number of hydrogen-bond donors (Lipinski definition) is 1. The molecule has 1 aromatic heterocycles. The summed E-state index contributed by atoms with van der Waals surface area (Å²) in [6.45, 7) is 0. The number of anilines is 2. The van der Waals surface area contributed by atoms with Crippen molar-refractivity contribution >= 4 is 32.7 Å². The van der Waals surface area contributed by atoms with Crippen molar-refractivity contribution in [1.29, 1.82) is 0 Å². The van der Waals surface area contributed by atoms with E-state index in [1.807, 2.05) is 0 Å². The van der Waals surface area contributed by atoms with Crippen LogP contribution in [0.25, 0.3) is 0 Å². The van der Waals surface area contributed by atoms with E-state index in [1.54, 1.807) is 41.8 Å². The standard InChI is InChI=1S/C11H12N2O2S2/c1-13(10-6-4-9(12)5-7-10)17(14,15)11-3-2-8-16-11/h2-8H,12H2,1H3. The smallest absolute Gasteiger partial charge is 0.273 e. The zero-order chi connectivity index (χ0) is 12.5. The Balaban J connectivity index is 2.38. The van der Waals surface area contributed by atoms with Gasteiger partial charge >= 0.3 is 0 Å². The van der Waals surface area contributed by atoms with Crippen LogP contribution in [0, 0.1) is 0 Å². The van der Waals surface area contributed by atoms with Gasteiger partial charge in [-0.25, -0.2) is 8.42 Å². The molecule has 0 aliphatic heterocycles. The van der Waals surface area contributed by atoms with Crippen LogP contribution in [0.5, 0.6) is 0 Å². The van der Waals surface area contributed by atoms with Gasteiger partial charge in [0, 0.05) is 12.7 Å². The second kappa shape index (κ2) is 4.38. The summed E-state index contributed by atoms with van der Waals surface area (Å²) in [6, 6.07) is 10.0. The largest absolute Gasteiger partial charge is 0.399 e. The van der Waals surface area contributed by atoms with Crippen LogP contribution >= 0.6 is 11.3 Å². The average Bonchev–Trinajstić information content (AvgIpc) is 2.83. The van der Waals surface area contributed by atoms with Crippen molar-refractivity contribution in [3.8, 4) is 0 Å². The molecule has 2 N–H and O–H groups in total. The number of nitrogens with zero attached hydrogens (tertiary/aromatic N) is 1. The monoisotopic (exact) mass is 268 g/mol. The molecule has 2 rings (SSSR count). The number of nitrogen functional groups attached to an aromatic ring is 1. The highest BCUT2D eigenvalue weighted by atomic mass is 32.2. The van der Waals surface area contributed by atoms with Gasteiger partial charge in [-0.1, -0.05) is 6.07 Å². The topological polar surface area (TPSA) is 63.4 Å². The molecule has 0 unspecified atom stereocenters. The molecular formula is C11H12N2O2S2. The van der Waals surface area contributed by atoms with E-state index in [0.717, 1.165) is 0 Å². The van der Waals surface area contributed by atoms with Crippen molar-refractivity contribution in [3.63, 3.8) is 0 Å². The van der Waals surface area contributed by atoms with Crippen LogP contribution in [0.3, 0.4) is 0 Å². The number of thiophene rings is 1. The molecule has 0 bridgehead atoms. The van der Waals surface area contributed by atoms with E-state index in [4.69, 9.17) is 5.73 Å². The molecule has 2 aromatic rings. The van der Waals surface area contributed by atoms with Crippen LogP contribution < -0.4 is 10.0 Å². The first kappa shape index (κ1) is 11.9. The van der Waals surface area contributed by atoms with Crippen molar-refractivity contribution in [1.82, 2.24) is 0 Å². The fraction of sp³-hybridized carbons (Fsp3) is 0.0909. The molecule has 0 amide bonds. The normalized spacial score (nSPS) is 11.4. The van der Waals surface area contributed by atoms with E-state index in [1.165, 1.54) is 22.7 Å². The van der Waals surface area contributed by atoms with Crippen molar-refractivity contribution in [2.45, 2.75) is 4.21 Å². The first-order valence-corrected chi connectivity index (χ1v) is 7.22. The molecule has 0 fully saturated rings. The van der Waals surface area contributed by atoms with Crippen molar-refractivity contribution in [2.24, 2.45) is 0 Å². The Labute approximate surface area is 104 Å². The molecule has 0 spiro atoms. The van der Waals surface area contributed by atoms with E-state index in [2.05, 4.69) is 0 Å². The molecule has 90 valence electrons. The predicted molar refractivity (Wildman–Crippen MR) is 70.8 cm³/mol. The minimum absolute atomic E-state index is 0.330. The summed E-state index contributed by atoms with van der Waals surface area (Å²) < 4.78 is 25.9. The molecule has 0 aliphatic carbocycles. The average molecular weight is 268 g/mol. The first-order valence-electron chi connectivity index (χ1n) is 4.90. The molecule has 0 radical (unpaired) electrons. The molecule has 0 saturated carbocycles. The van der Waals surface area contributed by atoms with E-state index in [0.29, 0.717) is 15.6 Å². The van der Waals surface area contributed by atoms with Crippen LogP contribution in [0.15, 0.2) is 46.0 Å². The third kappa shape index (κ3) is 2.27. The van der Waals surface area contributed by atoms with Gasteiger partial charge in [-0.05, 0) is 35.7 Å². The van der Waals surface area contributed by atoms with Gasteiger partial charge in [0.25, 0.3) is 10.0 Å². The fourth-order valence-corrected chi connectivity index (χ4v) is 3.72. The van der Waals surface area contributed by atoms with Gasteiger partial charge in [0.15, 0.2) is 0 Å². The third-order valence-electron chi connectivity index (χ3n) is 2.37. The Morgan fingerprint density at radius 2 is 1.82 bits per heavy atom. The number of sulfonamides is 1. The number of rotatable bonds is 3. The summed E-state index contributed by atoms with van der Waals surface area (Å²) in [5.74, 6) is 0. The van der Waals surface area contributed by atoms with E-state index < -0.39 is 10.0 Å². The van der Waals surface area contributed by atoms with Crippen LogP contribution in [-0.4, -0.2) is 15.5 Å². The summed E-state index contributed by atoms with van der Waals surface area (Å²) in [7, 11) is -1.92. The predicted octanol–water partition coefficient (Wildman–Crippen LogP) is 2.16. The Bertz CT molecular complexity index is 589. The lowest BCUT2D eigenvalue weighted by molar-refractivity contribution is 0.596. The van der Waals surface area contributed by atoms with Crippen molar-refractivity contribution < 1.29 is 8.42 Å².